The van der Waals surface area contributed by atoms with Gasteiger partial charge in [-0.25, -0.2) is 9.48 Å². The molecule has 2 N–H and O–H groups in total. The number of carbonyl (C=O) groups excluding carboxylic acids is 2. The average molecular weight is 579 g/mol. The normalized spacial score (nSPS) is 11.3. The fraction of sp³-hybridized carbons (Fsp3) is 0.258. The van der Waals surface area contributed by atoms with E-state index in [0.717, 1.165) is 28.1 Å². The van der Waals surface area contributed by atoms with Crippen molar-refractivity contribution in [2.75, 3.05) is 17.2 Å². The van der Waals surface area contributed by atoms with Gasteiger partial charge in [0.05, 0.1) is 21.4 Å². The van der Waals surface area contributed by atoms with E-state index in [1.54, 1.807) is 22.9 Å². The standard InChI is InChI=1S/C31H33Cl2N5O2/c1-20-11-14-26(21(2)15-20)38-28(17-27(36-38)31(3,4)5)35-29(39)19-37(18-22-9-7-6-8-10-22)30(40)34-23-12-13-24(32)25(33)16-23/h6-17H,18-19H2,1-5H3,(H,34,40)(H,35,39). The Balaban J connectivity index is 1.60. The number of amides is 3. The number of carbonyl (C=O) groups is 2. The number of halogens is 2. The molecule has 0 spiro atoms. The number of hydrogen-bond acceptors (Lipinski definition) is 3. The lowest BCUT2D eigenvalue weighted by Gasteiger charge is -2.23. The highest BCUT2D eigenvalue weighted by Crippen LogP contribution is 2.28. The van der Waals surface area contributed by atoms with Gasteiger partial charge in [0, 0.05) is 23.7 Å². The van der Waals surface area contributed by atoms with Gasteiger partial charge in [-0.3, -0.25) is 4.79 Å². The Morgan fingerprint density at radius 1 is 0.900 bits per heavy atom. The highest BCUT2D eigenvalue weighted by molar-refractivity contribution is 6.42. The number of rotatable bonds is 7. The van der Waals surface area contributed by atoms with Gasteiger partial charge < -0.3 is 15.5 Å². The molecule has 0 saturated heterocycles. The molecular weight excluding hydrogens is 545 g/mol. The monoisotopic (exact) mass is 577 g/mol. The quantitative estimate of drug-likeness (QED) is 0.235. The summed E-state index contributed by atoms with van der Waals surface area (Å²) in [5.74, 6) is 0.179. The summed E-state index contributed by atoms with van der Waals surface area (Å²) in [6, 6.07) is 21.8. The van der Waals surface area contributed by atoms with Gasteiger partial charge in [0.15, 0.2) is 0 Å². The lowest BCUT2D eigenvalue weighted by atomic mass is 9.92. The maximum atomic E-state index is 13.4. The van der Waals surface area contributed by atoms with Crippen molar-refractivity contribution in [2.45, 2.75) is 46.6 Å². The summed E-state index contributed by atoms with van der Waals surface area (Å²) < 4.78 is 1.75. The Labute approximate surface area is 245 Å². The predicted molar refractivity (Wildman–Crippen MR) is 163 cm³/mol. The maximum Gasteiger partial charge on any atom is 0.322 e. The number of benzene rings is 3. The van der Waals surface area contributed by atoms with Crippen LogP contribution in [0.1, 0.15) is 43.2 Å². The summed E-state index contributed by atoms with van der Waals surface area (Å²) in [6.07, 6.45) is 0. The number of nitrogens with one attached hydrogen (secondary N) is 2. The van der Waals surface area contributed by atoms with Crippen LogP contribution >= 0.6 is 23.2 Å². The Kier molecular flexibility index (Phi) is 8.86. The van der Waals surface area contributed by atoms with Crippen molar-refractivity contribution < 1.29 is 9.59 Å². The third kappa shape index (κ3) is 7.23. The smallest absolute Gasteiger partial charge is 0.311 e. The first-order valence-electron chi connectivity index (χ1n) is 12.9. The predicted octanol–water partition coefficient (Wildman–Crippen LogP) is 7.77. The summed E-state index contributed by atoms with van der Waals surface area (Å²) in [7, 11) is 0. The largest absolute Gasteiger partial charge is 0.322 e. The van der Waals surface area contributed by atoms with Gasteiger partial charge >= 0.3 is 6.03 Å². The Morgan fingerprint density at radius 2 is 1.62 bits per heavy atom. The van der Waals surface area contributed by atoms with Crippen molar-refractivity contribution in [1.29, 1.82) is 0 Å². The SMILES string of the molecule is Cc1ccc(-n2nc(C(C)(C)C)cc2NC(=O)CN(Cc2ccccc2)C(=O)Nc2ccc(Cl)c(Cl)c2)c(C)c1. The zero-order valence-electron chi connectivity index (χ0n) is 23.3. The summed E-state index contributed by atoms with van der Waals surface area (Å²) in [5.41, 5.74) is 5.00. The molecule has 3 aromatic carbocycles. The minimum Gasteiger partial charge on any atom is -0.311 e. The first kappa shape index (κ1) is 29.2. The van der Waals surface area contributed by atoms with Crippen molar-refractivity contribution in [3.05, 3.63) is 105 Å². The second-order valence-corrected chi connectivity index (χ2v) is 11.6. The molecule has 0 aliphatic heterocycles. The third-order valence-corrected chi connectivity index (χ3v) is 7.07. The molecule has 7 nitrogen and oxygen atoms in total. The molecule has 1 aromatic heterocycles. The Morgan fingerprint density at radius 3 is 2.27 bits per heavy atom. The summed E-state index contributed by atoms with van der Waals surface area (Å²) in [4.78, 5) is 28.2. The van der Waals surface area contributed by atoms with Gasteiger partial charge in [-0.05, 0) is 49.2 Å². The molecule has 0 saturated carbocycles. The molecule has 0 aliphatic carbocycles. The lowest BCUT2D eigenvalue weighted by molar-refractivity contribution is -0.116. The van der Waals surface area contributed by atoms with Gasteiger partial charge in [-0.2, -0.15) is 5.10 Å². The van der Waals surface area contributed by atoms with Crippen LogP contribution in [-0.4, -0.2) is 33.2 Å². The second kappa shape index (κ2) is 12.1. The number of hydrogen-bond donors (Lipinski definition) is 2. The van der Waals surface area contributed by atoms with Crippen LogP contribution in [-0.2, 0) is 16.8 Å². The van der Waals surface area contributed by atoms with Crippen LogP contribution in [0.3, 0.4) is 0 Å². The zero-order valence-corrected chi connectivity index (χ0v) is 24.8. The Hall–Kier alpha value is -3.81. The van der Waals surface area contributed by atoms with E-state index in [0.29, 0.717) is 21.6 Å². The summed E-state index contributed by atoms with van der Waals surface area (Å²) >= 11 is 12.2. The van der Waals surface area contributed by atoms with Crippen molar-refractivity contribution >= 4 is 46.6 Å². The van der Waals surface area contributed by atoms with Crippen LogP contribution in [0.2, 0.25) is 10.0 Å². The molecule has 1 heterocycles. The van der Waals surface area contributed by atoms with Crippen molar-refractivity contribution in [1.82, 2.24) is 14.7 Å². The second-order valence-electron chi connectivity index (χ2n) is 10.8. The van der Waals surface area contributed by atoms with Gasteiger partial charge in [0.25, 0.3) is 0 Å². The first-order chi connectivity index (χ1) is 18.9. The molecule has 0 atom stereocenters. The van der Waals surface area contributed by atoms with Crippen molar-refractivity contribution in [2.24, 2.45) is 0 Å². The lowest BCUT2D eigenvalue weighted by Crippen LogP contribution is -2.40. The molecule has 0 unspecified atom stereocenters. The fourth-order valence-corrected chi connectivity index (χ4v) is 4.50. The van der Waals surface area contributed by atoms with Crippen LogP contribution in [0.25, 0.3) is 5.69 Å². The summed E-state index contributed by atoms with van der Waals surface area (Å²) in [5, 5.41) is 11.4. The molecule has 0 fully saturated rings. The Bertz CT molecular complexity index is 1530. The number of nitrogens with zero attached hydrogens (tertiary/aromatic N) is 3. The van der Waals surface area contributed by atoms with E-state index in [2.05, 4.69) is 37.5 Å². The van der Waals surface area contributed by atoms with E-state index in [-0.39, 0.29) is 24.4 Å². The van der Waals surface area contributed by atoms with E-state index in [4.69, 9.17) is 28.3 Å². The zero-order chi connectivity index (χ0) is 29.0. The number of aryl methyl sites for hydroxylation is 2. The van der Waals surface area contributed by atoms with Crippen LogP contribution in [0.5, 0.6) is 0 Å². The molecular formula is C31H33Cl2N5O2. The van der Waals surface area contributed by atoms with Gasteiger partial charge in [-0.1, -0.05) is 92.0 Å². The number of anilines is 2. The fourth-order valence-electron chi connectivity index (χ4n) is 4.20. The van der Waals surface area contributed by atoms with E-state index in [1.165, 1.54) is 4.90 Å². The molecule has 0 bridgehead atoms. The van der Waals surface area contributed by atoms with Gasteiger partial charge in [0.1, 0.15) is 12.4 Å². The molecule has 4 rings (SSSR count). The highest BCUT2D eigenvalue weighted by atomic mass is 35.5. The summed E-state index contributed by atoms with van der Waals surface area (Å²) in [6.45, 7) is 10.3. The van der Waals surface area contributed by atoms with E-state index < -0.39 is 6.03 Å². The first-order valence-corrected chi connectivity index (χ1v) is 13.7. The molecule has 208 valence electrons. The van der Waals surface area contributed by atoms with Crippen LogP contribution in [0, 0.1) is 13.8 Å². The van der Waals surface area contributed by atoms with E-state index in [1.807, 2.05) is 62.4 Å². The molecule has 40 heavy (non-hydrogen) atoms. The van der Waals surface area contributed by atoms with Gasteiger partial charge in [-0.15, -0.1) is 0 Å². The van der Waals surface area contributed by atoms with E-state index in [9.17, 15) is 9.59 Å². The number of urea groups is 1. The molecule has 9 heteroatoms. The topological polar surface area (TPSA) is 79.3 Å². The molecule has 0 aliphatic rings. The average Bonchev–Trinajstić information content (AvgIpc) is 3.30. The van der Waals surface area contributed by atoms with Crippen LogP contribution in [0.4, 0.5) is 16.3 Å². The minimum atomic E-state index is -0.448. The molecule has 0 radical (unpaired) electrons. The minimum absolute atomic E-state index is 0.190. The molecule has 4 aromatic rings. The van der Waals surface area contributed by atoms with Gasteiger partial charge in [0.2, 0.25) is 5.91 Å². The highest BCUT2D eigenvalue weighted by Gasteiger charge is 2.24. The van der Waals surface area contributed by atoms with Crippen LogP contribution < -0.4 is 10.6 Å². The molecule has 3 amide bonds. The number of aromatic nitrogens is 2. The maximum absolute atomic E-state index is 13.4. The van der Waals surface area contributed by atoms with Crippen molar-refractivity contribution in [3.8, 4) is 5.69 Å². The van der Waals surface area contributed by atoms with Crippen molar-refractivity contribution in [3.63, 3.8) is 0 Å². The van der Waals surface area contributed by atoms with E-state index >= 15 is 0 Å². The third-order valence-electron chi connectivity index (χ3n) is 6.33. The van der Waals surface area contributed by atoms with Crippen LogP contribution in [0.15, 0.2) is 72.8 Å².